The molecule has 0 aliphatic heterocycles. The number of anilines is 2. The van der Waals surface area contributed by atoms with Gasteiger partial charge >= 0.3 is 6.03 Å². The van der Waals surface area contributed by atoms with Gasteiger partial charge in [0, 0.05) is 17.6 Å². The van der Waals surface area contributed by atoms with Crippen LogP contribution in [0, 0.1) is 0 Å². The van der Waals surface area contributed by atoms with E-state index in [1.807, 2.05) is 24.3 Å². The van der Waals surface area contributed by atoms with E-state index < -0.39 is 0 Å². The predicted octanol–water partition coefficient (Wildman–Crippen LogP) is 4.68. The second kappa shape index (κ2) is 6.14. The lowest BCUT2D eigenvalue weighted by molar-refractivity contribution is 0.262. The molecule has 110 valence electrons. The van der Waals surface area contributed by atoms with E-state index in [0.717, 1.165) is 5.69 Å². The minimum absolute atomic E-state index is 0.0918. The molecule has 1 aromatic carbocycles. The van der Waals surface area contributed by atoms with Crippen molar-refractivity contribution < 1.29 is 4.79 Å². The van der Waals surface area contributed by atoms with Crippen molar-refractivity contribution in [3.8, 4) is 0 Å². The van der Waals surface area contributed by atoms with Gasteiger partial charge in [-0.1, -0.05) is 44.5 Å². The predicted molar refractivity (Wildman–Crippen MR) is 87.0 cm³/mol. The molecule has 4 nitrogen and oxygen atoms in total. The van der Waals surface area contributed by atoms with E-state index in [0.29, 0.717) is 10.8 Å². The number of pyridine rings is 1. The summed E-state index contributed by atoms with van der Waals surface area (Å²) in [4.78, 5) is 15.7. The highest BCUT2D eigenvalue weighted by atomic mass is 35.5. The van der Waals surface area contributed by atoms with Crippen molar-refractivity contribution in [2.24, 2.45) is 0 Å². The maximum Gasteiger partial charge on any atom is 0.323 e. The largest absolute Gasteiger partial charge is 0.323 e. The zero-order valence-corrected chi connectivity index (χ0v) is 13.0. The van der Waals surface area contributed by atoms with Crippen molar-refractivity contribution in [3.05, 3.63) is 53.3 Å². The molecule has 2 amide bonds. The number of urea groups is 1. The Bertz CT molecular complexity index is 633. The summed E-state index contributed by atoms with van der Waals surface area (Å²) in [6, 6.07) is 10.7. The number of nitrogens with zero attached hydrogens (tertiary/aromatic N) is 1. The number of hydrogen-bond donors (Lipinski definition) is 2. The van der Waals surface area contributed by atoms with Gasteiger partial charge in [0.15, 0.2) is 0 Å². The maximum absolute atomic E-state index is 11.9. The number of rotatable bonds is 2. The first kappa shape index (κ1) is 15.3. The van der Waals surface area contributed by atoms with Crippen LogP contribution in [0.25, 0.3) is 0 Å². The van der Waals surface area contributed by atoms with Crippen LogP contribution in [0.2, 0.25) is 5.15 Å². The van der Waals surface area contributed by atoms with Crippen LogP contribution in [0.3, 0.4) is 0 Å². The second-order valence-corrected chi connectivity index (χ2v) is 6.16. The molecule has 0 atom stereocenters. The fraction of sp³-hybridized carbons (Fsp3) is 0.250. The summed E-state index contributed by atoms with van der Waals surface area (Å²) >= 11 is 5.77. The standard InChI is InChI=1S/C16H18ClN3O/c1-16(2,3)11-4-6-12(7-5-11)19-15(21)20-13-8-9-18-14(17)10-13/h4-10H,1-3H3,(H2,18,19,20,21). The molecule has 2 rings (SSSR count). The lowest BCUT2D eigenvalue weighted by atomic mass is 9.87. The van der Waals surface area contributed by atoms with Crippen LogP contribution in [-0.2, 0) is 5.41 Å². The molecule has 2 N–H and O–H groups in total. The molecule has 0 aliphatic carbocycles. The number of halogens is 1. The number of nitrogens with one attached hydrogen (secondary N) is 2. The van der Waals surface area contributed by atoms with Crippen molar-refractivity contribution in [1.29, 1.82) is 0 Å². The molecule has 0 radical (unpaired) electrons. The number of carbonyl (C=O) groups is 1. The number of benzene rings is 1. The van der Waals surface area contributed by atoms with Crippen molar-refractivity contribution in [1.82, 2.24) is 4.98 Å². The quantitative estimate of drug-likeness (QED) is 0.792. The molecule has 0 aliphatic rings. The van der Waals surface area contributed by atoms with Gasteiger partial charge in [0.05, 0.1) is 0 Å². The molecule has 21 heavy (non-hydrogen) atoms. The van der Waals surface area contributed by atoms with Crippen molar-refractivity contribution in [3.63, 3.8) is 0 Å². The molecule has 0 saturated heterocycles. The summed E-state index contributed by atoms with van der Waals surface area (Å²) in [5.41, 5.74) is 2.64. The van der Waals surface area contributed by atoms with Gasteiger partial charge in [-0.25, -0.2) is 9.78 Å². The summed E-state index contributed by atoms with van der Waals surface area (Å²) in [6.07, 6.45) is 1.54. The molecule has 0 unspecified atom stereocenters. The molecule has 0 saturated carbocycles. The van der Waals surface area contributed by atoms with Gasteiger partial charge < -0.3 is 10.6 Å². The summed E-state index contributed by atoms with van der Waals surface area (Å²) in [7, 11) is 0. The SMILES string of the molecule is CC(C)(C)c1ccc(NC(=O)Nc2ccnc(Cl)c2)cc1. The number of amides is 2. The average molecular weight is 304 g/mol. The first-order chi connectivity index (χ1) is 9.84. The lowest BCUT2D eigenvalue weighted by Crippen LogP contribution is -2.19. The number of hydrogen-bond acceptors (Lipinski definition) is 2. The summed E-state index contributed by atoms with van der Waals surface area (Å²) in [5, 5.41) is 5.81. The molecule has 2 aromatic rings. The highest BCUT2D eigenvalue weighted by Crippen LogP contribution is 2.23. The van der Waals surface area contributed by atoms with Gasteiger partial charge in [0.25, 0.3) is 0 Å². The molecule has 0 spiro atoms. The molecule has 1 heterocycles. The fourth-order valence-electron chi connectivity index (χ4n) is 1.83. The van der Waals surface area contributed by atoms with E-state index in [1.165, 1.54) is 11.8 Å². The van der Waals surface area contributed by atoms with Gasteiger partial charge in [0.2, 0.25) is 0 Å². The minimum Gasteiger partial charge on any atom is -0.308 e. The van der Waals surface area contributed by atoms with E-state index in [1.54, 1.807) is 12.1 Å². The summed E-state index contributed by atoms with van der Waals surface area (Å²) in [5.74, 6) is 0. The Labute approximate surface area is 129 Å². The van der Waals surface area contributed by atoms with Crippen molar-refractivity contribution in [2.75, 3.05) is 10.6 Å². The Kier molecular flexibility index (Phi) is 4.48. The molecule has 1 aromatic heterocycles. The Morgan fingerprint density at radius 3 is 2.24 bits per heavy atom. The van der Waals surface area contributed by atoms with Crippen LogP contribution < -0.4 is 10.6 Å². The first-order valence-electron chi connectivity index (χ1n) is 6.65. The van der Waals surface area contributed by atoms with E-state index in [9.17, 15) is 4.79 Å². The molecular weight excluding hydrogens is 286 g/mol. The van der Waals surface area contributed by atoms with Gasteiger partial charge in [-0.15, -0.1) is 0 Å². The zero-order valence-electron chi connectivity index (χ0n) is 12.3. The highest BCUT2D eigenvalue weighted by molar-refractivity contribution is 6.29. The minimum atomic E-state index is -0.319. The van der Waals surface area contributed by atoms with Crippen LogP contribution in [0.1, 0.15) is 26.3 Å². The Morgan fingerprint density at radius 1 is 1.05 bits per heavy atom. The maximum atomic E-state index is 11.9. The second-order valence-electron chi connectivity index (χ2n) is 5.77. The van der Waals surface area contributed by atoms with Crippen molar-refractivity contribution in [2.45, 2.75) is 26.2 Å². The topological polar surface area (TPSA) is 54.0 Å². The van der Waals surface area contributed by atoms with Crippen LogP contribution in [0.4, 0.5) is 16.2 Å². The van der Waals surface area contributed by atoms with Crippen LogP contribution >= 0.6 is 11.6 Å². The molecule has 5 heteroatoms. The molecule has 0 fully saturated rings. The smallest absolute Gasteiger partial charge is 0.308 e. The number of aromatic nitrogens is 1. The van der Waals surface area contributed by atoms with Gasteiger partial charge in [0.1, 0.15) is 5.15 Å². The Morgan fingerprint density at radius 2 is 1.67 bits per heavy atom. The third-order valence-electron chi connectivity index (χ3n) is 2.99. The van der Waals surface area contributed by atoms with Crippen LogP contribution in [-0.4, -0.2) is 11.0 Å². The third kappa shape index (κ3) is 4.46. The normalized spacial score (nSPS) is 11.0. The first-order valence-corrected chi connectivity index (χ1v) is 7.02. The summed E-state index contributed by atoms with van der Waals surface area (Å²) < 4.78 is 0. The average Bonchev–Trinajstić information content (AvgIpc) is 2.38. The van der Waals surface area contributed by atoms with E-state index in [2.05, 4.69) is 36.4 Å². The molecule has 0 bridgehead atoms. The van der Waals surface area contributed by atoms with E-state index in [-0.39, 0.29) is 11.4 Å². The van der Waals surface area contributed by atoms with E-state index >= 15 is 0 Å². The number of carbonyl (C=O) groups excluding carboxylic acids is 1. The van der Waals surface area contributed by atoms with E-state index in [4.69, 9.17) is 11.6 Å². The lowest BCUT2D eigenvalue weighted by Gasteiger charge is -2.19. The fourth-order valence-corrected chi connectivity index (χ4v) is 2.00. The molecular formula is C16H18ClN3O. The van der Waals surface area contributed by atoms with Gasteiger partial charge in [-0.2, -0.15) is 0 Å². The Hall–Kier alpha value is -2.07. The summed E-state index contributed by atoms with van der Waals surface area (Å²) in [6.45, 7) is 6.44. The van der Waals surface area contributed by atoms with Gasteiger partial charge in [-0.3, -0.25) is 0 Å². The third-order valence-corrected chi connectivity index (χ3v) is 3.20. The monoisotopic (exact) mass is 303 g/mol. The van der Waals surface area contributed by atoms with Crippen LogP contribution in [0.15, 0.2) is 42.6 Å². The van der Waals surface area contributed by atoms with Gasteiger partial charge in [-0.05, 0) is 35.2 Å². The highest BCUT2D eigenvalue weighted by Gasteiger charge is 2.13. The zero-order chi connectivity index (χ0) is 15.5. The Balaban J connectivity index is 2.00. The van der Waals surface area contributed by atoms with Crippen molar-refractivity contribution >= 4 is 29.0 Å². The van der Waals surface area contributed by atoms with Crippen LogP contribution in [0.5, 0.6) is 0 Å².